The predicted octanol–water partition coefficient (Wildman–Crippen LogP) is 3.08. The van der Waals surface area contributed by atoms with Gasteiger partial charge in [0.1, 0.15) is 19.5 Å². The van der Waals surface area contributed by atoms with Crippen LogP contribution in [0, 0.1) is 6.92 Å². The molecule has 2 aromatic rings. The fourth-order valence-electron chi connectivity index (χ4n) is 1.85. The van der Waals surface area contributed by atoms with Crippen LogP contribution in [-0.4, -0.2) is 24.1 Å². The van der Waals surface area contributed by atoms with E-state index in [0.717, 1.165) is 15.8 Å². The molecule has 5 nitrogen and oxygen atoms in total. The summed E-state index contributed by atoms with van der Waals surface area (Å²) in [6, 6.07) is 3.67. The third kappa shape index (κ3) is 2.57. The molecule has 7 heteroatoms. The van der Waals surface area contributed by atoms with E-state index in [2.05, 4.69) is 10.3 Å². The van der Waals surface area contributed by atoms with Crippen LogP contribution in [0.5, 0.6) is 0 Å². The number of nitrogens with zero attached hydrogens (tertiary/aromatic N) is 1. The summed E-state index contributed by atoms with van der Waals surface area (Å²) >= 11 is 7.37. The first-order valence-corrected chi connectivity index (χ1v) is 7.15. The zero-order valence-corrected chi connectivity index (χ0v) is 12.2. The van der Waals surface area contributed by atoms with Crippen molar-refractivity contribution in [3.63, 3.8) is 0 Å². The van der Waals surface area contributed by atoms with Gasteiger partial charge in [-0.1, -0.05) is 22.9 Å². The van der Waals surface area contributed by atoms with E-state index >= 15 is 0 Å². The lowest BCUT2D eigenvalue weighted by atomic mass is 10.2. The molecule has 1 aliphatic rings. The molecule has 2 heterocycles. The Hall–Kier alpha value is -1.79. The maximum absolute atomic E-state index is 12.0. The molecule has 0 saturated heterocycles. The first-order valence-electron chi connectivity index (χ1n) is 5.96. The van der Waals surface area contributed by atoms with Gasteiger partial charge in [0, 0.05) is 5.02 Å². The number of hydrogen-bond donors (Lipinski definition) is 1. The summed E-state index contributed by atoms with van der Waals surface area (Å²) in [4.78, 5) is 16.3. The molecule has 1 N–H and O–H groups in total. The van der Waals surface area contributed by atoms with Crippen molar-refractivity contribution < 1.29 is 14.3 Å². The number of benzene rings is 1. The minimum Gasteiger partial charge on any atom is -0.494 e. The number of aromatic nitrogens is 1. The molecule has 3 rings (SSSR count). The second-order valence-corrected chi connectivity index (χ2v) is 5.71. The number of carbonyl (C=O) groups is 1. The average molecular weight is 311 g/mol. The first-order chi connectivity index (χ1) is 9.63. The Balaban J connectivity index is 1.86. The predicted molar refractivity (Wildman–Crippen MR) is 78.0 cm³/mol. The van der Waals surface area contributed by atoms with Crippen molar-refractivity contribution >= 4 is 44.2 Å². The number of thiazole rings is 1. The van der Waals surface area contributed by atoms with Crippen LogP contribution in [0.15, 0.2) is 24.2 Å². The molecular formula is C13H11ClN2O3S. The van der Waals surface area contributed by atoms with Crippen LogP contribution in [0.25, 0.3) is 10.2 Å². The SMILES string of the molecule is Cc1cc(Cl)cc2sc(NC(=O)C3=COCCO3)nc12. The number of fused-ring (bicyclic) bond motifs is 1. The second-order valence-electron chi connectivity index (χ2n) is 4.24. The topological polar surface area (TPSA) is 60.5 Å². The lowest BCUT2D eigenvalue weighted by Gasteiger charge is -2.14. The van der Waals surface area contributed by atoms with E-state index in [9.17, 15) is 4.79 Å². The van der Waals surface area contributed by atoms with E-state index in [-0.39, 0.29) is 11.7 Å². The highest BCUT2D eigenvalue weighted by atomic mass is 35.5. The largest absolute Gasteiger partial charge is 0.494 e. The van der Waals surface area contributed by atoms with Crippen LogP contribution in [-0.2, 0) is 14.3 Å². The van der Waals surface area contributed by atoms with E-state index in [1.165, 1.54) is 17.6 Å². The molecule has 0 unspecified atom stereocenters. The van der Waals surface area contributed by atoms with E-state index < -0.39 is 0 Å². The number of halogens is 1. The van der Waals surface area contributed by atoms with Crippen molar-refractivity contribution in [3.8, 4) is 0 Å². The third-order valence-electron chi connectivity index (χ3n) is 2.74. The molecule has 0 spiro atoms. The molecule has 0 atom stereocenters. The van der Waals surface area contributed by atoms with Crippen molar-refractivity contribution in [2.75, 3.05) is 18.5 Å². The van der Waals surface area contributed by atoms with E-state index in [1.54, 1.807) is 0 Å². The Morgan fingerprint density at radius 2 is 2.30 bits per heavy atom. The van der Waals surface area contributed by atoms with Gasteiger partial charge in [-0.3, -0.25) is 10.1 Å². The summed E-state index contributed by atoms with van der Waals surface area (Å²) in [7, 11) is 0. The number of ether oxygens (including phenoxy) is 2. The normalized spacial score (nSPS) is 14.4. The molecule has 104 valence electrons. The van der Waals surface area contributed by atoms with E-state index in [1.807, 2.05) is 19.1 Å². The lowest BCUT2D eigenvalue weighted by Crippen LogP contribution is -2.20. The summed E-state index contributed by atoms with van der Waals surface area (Å²) in [5, 5.41) is 3.86. The molecule has 0 aliphatic carbocycles. The molecule has 20 heavy (non-hydrogen) atoms. The average Bonchev–Trinajstić information content (AvgIpc) is 2.82. The number of carbonyl (C=O) groups excluding carboxylic acids is 1. The number of rotatable bonds is 2. The van der Waals surface area contributed by atoms with Gasteiger partial charge in [0.2, 0.25) is 5.76 Å². The van der Waals surface area contributed by atoms with Crippen molar-refractivity contribution in [2.45, 2.75) is 6.92 Å². The first kappa shape index (κ1) is 13.2. The quantitative estimate of drug-likeness (QED) is 0.926. The van der Waals surface area contributed by atoms with Crippen molar-refractivity contribution in [1.29, 1.82) is 0 Å². The molecule has 1 aliphatic heterocycles. The highest BCUT2D eigenvalue weighted by molar-refractivity contribution is 7.22. The van der Waals surface area contributed by atoms with Crippen LogP contribution in [0.3, 0.4) is 0 Å². The minimum absolute atomic E-state index is 0.158. The fourth-order valence-corrected chi connectivity index (χ4v) is 3.17. The van der Waals surface area contributed by atoms with E-state index in [4.69, 9.17) is 21.1 Å². The van der Waals surface area contributed by atoms with Crippen molar-refractivity contribution in [3.05, 3.63) is 34.7 Å². The minimum atomic E-state index is -0.368. The molecule has 0 fully saturated rings. The Labute approximate surface area is 124 Å². The maximum Gasteiger partial charge on any atom is 0.295 e. The second kappa shape index (κ2) is 5.30. The van der Waals surface area contributed by atoms with Crippen LogP contribution in [0.2, 0.25) is 5.02 Å². The number of anilines is 1. The van der Waals surface area contributed by atoms with Gasteiger partial charge in [-0.15, -0.1) is 0 Å². The molecule has 0 saturated carbocycles. The Morgan fingerprint density at radius 1 is 1.45 bits per heavy atom. The van der Waals surface area contributed by atoms with Gasteiger partial charge in [0.25, 0.3) is 5.91 Å². The summed E-state index contributed by atoms with van der Waals surface area (Å²) in [6.07, 6.45) is 1.31. The highest BCUT2D eigenvalue weighted by Gasteiger charge is 2.17. The zero-order valence-electron chi connectivity index (χ0n) is 10.6. The molecule has 1 aromatic heterocycles. The van der Waals surface area contributed by atoms with Crippen molar-refractivity contribution in [2.24, 2.45) is 0 Å². The van der Waals surface area contributed by atoms with Gasteiger partial charge in [-0.25, -0.2) is 4.98 Å². The van der Waals surface area contributed by atoms with Gasteiger partial charge in [0.15, 0.2) is 5.13 Å². The van der Waals surface area contributed by atoms with Gasteiger partial charge in [-0.05, 0) is 24.6 Å². The van der Waals surface area contributed by atoms with Gasteiger partial charge >= 0.3 is 0 Å². The third-order valence-corrected chi connectivity index (χ3v) is 3.88. The Bertz CT molecular complexity index is 711. The summed E-state index contributed by atoms with van der Waals surface area (Å²) < 4.78 is 11.2. The Kier molecular flexibility index (Phi) is 3.50. The lowest BCUT2D eigenvalue weighted by molar-refractivity contribution is -0.117. The van der Waals surface area contributed by atoms with Crippen LogP contribution in [0.1, 0.15) is 5.56 Å². The number of amides is 1. The van der Waals surface area contributed by atoms with Crippen molar-refractivity contribution in [1.82, 2.24) is 4.98 Å². The number of aryl methyl sites for hydroxylation is 1. The molecule has 0 radical (unpaired) electrons. The fraction of sp³-hybridized carbons (Fsp3) is 0.231. The van der Waals surface area contributed by atoms with Gasteiger partial charge in [-0.2, -0.15) is 0 Å². The van der Waals surface area contributed by atoms with Crippen LogP contribution < -0.4 is 5.32 Å². The zero-order chi connectivity index (χ0) is 14.1. The molecule has 1 aromatic carbocycles. The summed E-state index contributed by atoms with van der Waals surface area (Å²) in [5.41, 5.74) is 1.81. The smallest absolute Gasteiger partial charge is 0.295 e. The summed E-state index contributed by atoms with van der Waals surface area (Å²) in [5.74, 6) is -0.210. The van der Waals surface area contributed by atoms with Crippen LogP contribution >= 0.6 is 22.9 Å². The molecular weight excluding hydrogens is 300 g/mol. The van der Waals surface area contributed by atoms with Crippen LogP contribution in [0.4, 0.5) is 5.13 Å². The number of nitrogens with one attached hydrogen (secondary N) is 1. The highest BCUT2D eigenvalue weighted by Crippen LogP contribution is 2.31. The van der Waals surface area contributed by atoms with E-state index in [0.29, 0.717) is 23.4 Å². The van der Waals surface area contributed by atoms with Gasteiger partial charge < -0.3 is 9.47 Å². The summed E-state index contributed by atoms with van der Waals surface area (Å²) in [6.45, 7) is 2.75. The molecule has 0 bridgehead atoms. The monoisotopic (exact) mass is 310 g/mol. The maximum atomic E-state index is 12.0. The standard InChI is InChI=1S/C13H11ClN2O3S/c1-7-4-8(14)5-10-11(7)15-13(20-10)16-12(17)9-6-18-2-3-19-9/h4-6H,2-3H2,1H3,(H,15,16,17). The molecule has 1 amide bonds. The van der Waals surface area contributed by atoms with Gasteiger partial charge in [0.05, 0.1) is 10.2 Å². The number of hydrogen-bond acceptors (Lipinski definition) is 5. The Morgan fingerprint density at radius 3 is 3.05 bits per heavy atom.